The first-order valence-electron chi connectivity index (χ1n) is 10.9. The number of nitrogens with zero attached hydrogens (tertiary/aromatic N) is 3. The van der Waals surface area contributed by atoms with Crippen molar-refractivity contribution in [2.75, 3.05) is 14.2 Å². The number of aldehydes is 1. The molecule has 0 fully saturated rings. The Kier molecular flexibility index (Phi) is 6.55. The Hall–Kier alpha value is -4.00. The van der Waals surface area contributed by atoms with Gasteiger partial charge < -0.3 is 9.47 Å². The summed E-state index contributed by atoms with van der Waals surface area (Å²) in [6.07, 6.45) is 4.12. The van der Waals surface area contributed by atoms with Crippen molar-refractivity contribution in [1.82, 2.24) is 15.0 Å². The van der Waals surface area contributed by atoms with Gasteiger partial charge in [-0.3, -0.25) is 14.8 Å². The van der Waals surface area contributed by atoms with Gasteiger partial charge in [0.1, 0.15) is 5.75 Å². The number of aromatic nitrogens is 3. The van der Waals surface area contributed by atoms with Crippen LogP contribution < -0.4 is 9.47 Å². The standard InChI is InChI=1S/C28H19Cl2N3O3/c1-35-18-11-17-13-31-25(12-24(17)32-14-18)22-8-4-6-20(27(22)30)19-5-3-7-21(26(19)29)23-10-9-16(15-34)28(33-23)36-2/h3-15H,1-2H3. The van der Waals surface area contributed by atoms with Gasteiger partial charge in [0.05, 0.1) is 52.9 Å². The van der Waals surface area contributed by atoms with E-state index in [0.29, 0.717) is 44.6 Å². The van der Waals surface area contributed by atoms with E-state index in [2.05, 4.69) is 15.0 Å². The van der Waals surface area contributed by atoms with Crippen molar-refractivity contribution in [3.05, 3.63) is 88.7 Å². The van der Waals surface area contributed by atoms with Crippen LogP contribution in [0.2, 0.25) is 10.0 Å². The lowest BCUT2D eigenvalue weighted by atomic mass is 9.98. The van der Waals surface area contributed by atoms with Crippen LogP contribution in [0, 0.1) is 0 Å². The molecule has 0 saturated carbocycles. The van der Waals surface area contributed by atoms with Crippen LogP contribution in [0.1, 0.15) is 10.4 Å². The topological polar surface area (TPSA) is 74.2 Å². The van der Waals surface area contributed by atoms with Crippen molar-refractivity contribution in [2.24, 2.45) is 0 Å². The minimum Gasteiger partial charge on any atom is -0.495 e. The van der Waals surface area contributed by atoms with Gasteiger partial charge in [0.25, 0.3) is 0 Å². The van der Waals surface area contributed by atoms with Crippen molar-refractivity contribution >= 4 is 40.4 Å². The number of rotatable bonds is 6. The summed E-state index contributed by atoms with van der Waals surface area (Å²) in [5.41, 5.74) is 5.34. The second-order valence-electron chi connectivity index (χ2n) is 7.88. The Morgan fingerprint density at radius 2 is 1.42 bits per heavy atom. The Morgan fingerprint density at radius 3 is 2.06 bits per heavy atom. The second-order valence-corrected chi connectivity index (χ2v) is 8.64. The van der Waals surface area contributed by atoms with Crippen molar-refractivity contribution in [3.8, 4) is 45.3 Å². The van der Waals surface area contributed by atoms with E-state index in [4.69, 9.17) is 32.7 Å². The highest BCUT2D eigenvalue weighted by Gasteiger charge is 2.17. The zero-order chi connectivity index (χ0) is 25.2. The van der Waals surface area contributed by atoms with Gasteiger partial charge in [0, 0.05) is 33.8 Å². The molecular weight excluding hydrogens is 497 g/mol. The third-order valence-electron chi connectivity index (χ3n) is 5.83. The predicted octanol–water partition coefficient (Wildman–Crippen LogP) is 7.16. The Morgan fingerprint density at radius 1 is 0.750 bits per heavy atom. The summed E-state index contributed by atoms with van der Waals surface area (Å²) < 4.78 is 10.5. The van der Waals surface area contributed by atoms with Crippen molar-refractivity contribution in [1.29, 1.82) is 0 Å². The quantitative estimate of drug-likeness (QED) is 0.223. The number of fused-ring (bicyclic) bond motifs is 1. The molecule has 0 aliphatic rings. The number of carbonyl (C=O) groups excluding carboxylic acids is 1. The molecule has 0 aliphatic heterocycles. The maximum atomic E-state index is 11.3. The number of methoxy groups -OCH3 is 2. The van der Waals surface area contributed by atoms with Crippen LogP contribution in [0.15, 0.2) is 73.1 Å². The Bertz CT molecular complexity index is 1620. The van der Waals surface area contributed by atoms with Gasteiger partial charge in [-0.1, -0.05) is 59.6 Å². The minimum atomic E-state index is 0.234. The average Bonchev–Trinajstić information content (AvgIpc) is 2.92. The molecule has 0 N–H and O–H groups in total. The summed E-state index contributed by atoms with van der Waals surface area (Å²) in [6, 6.07) is 18.5. The predicted molar refractivity (Wildman–Crippen MR) is 142 cm³/mol. The number of ether oxygens (including phenoxy) is 2. The molecule has 0 amide bonds. The van der Waals surface area contributed by atoms with Crippen LogP contribution in [0.25, 0.3) is 44.5 Å². The average molecular weight is 516 g/mol. The van der Waals surface area contributed by atoms with E-state index in [0.717, 1.165) is 27.6 Å². The van der Waals surface area contributed by atoms with Gasteiger partial charge in [-0.15, -0.1) is 0 Å². The number of carbonyl (C=O) groups is 1. The van der Waals surface area contributed by atoms with Crippen LogP contribution in [0.4, 0.5) is 0 Å². The molecule has 0 bridgehead atoms. The normalized spacial score (nSPS) is 10.9. The maximum absolute atomic E-state index is 11.3. The third kappa shape index (κ3) is 4.26. The molecule has 3 aromatic heterocycles. The monoisotopic (exact) mass is 515 g/mol. The fourth-order valence-corrected chi connectivity index (χ4v) is 4.64. The molecule has 0 spiro atoms. The van der Waals surface area contributed by atoms with Gasteiger partial charge in [0.15, 0.2) is 6.29 Å². The van der Waals surface area contributed by atoms with Crippen LogP contribution in [0.5, 0.6) is 11.6 Å². The lowest BCUT2D eigenvalue weighted by molar-refractivity contribution is 0.112. The van der Waals surface area contributed by atoms with Crippen molar-refractivity contribution in [2.45, 2.75) is 0 Å². The number of hydrogen-bond donors (Lipinski definition) is 0. The lowest BCUT2D eigenvalue weighted by Crippen LogP contribution is -1.96. The molecule has 3 heterocycles. The van der Waals surface area contributed by atoms with E-state index in [1.54, 1.807) is 31.6 Å². The van der Waals surface area contributed by atoms with Gasteiger partial charge in [0.2, 0.25) is 5.88 Å². The maximum Gasteiger partial charge on any atom is 0.224 e. The van der Waals surface area contributed by atoms with E-state index in [9.17, 15) is 4.79 Å². The fourth-order valence-electron chi connectivity index (χ4n) is 3.99. The third-order valence-corrected chi connectivity index (χ3v) is 6.64. The first kappa shape index (κ1) is 23.7. The molecule has 0 saturated heterocycles. The van der Waals surface area contributed by atoms with E-state index < -0.39 is 0 Å². The second kappa shape index (κ2) is 9.93. The highest BCUT2D eigenvalue weighted by Crippen LogP contribution is 2.42. The van der Waals surface area contributed by atoms with Crippen molar-refractivity contribution in [3.63, 3.8) is 0 Å². The molecule has 5 rings (SSSR count). The number of halogens is 2. The molecule has 0 atom stereocenters. The van der Waals surface area contributed by atoms with Crippen LogP contribution >= 0.6 is 23.2 Å². The smallest absolute Gasteiger partial charge is 0.224 e. The summed E-state index contributed by atoms with van der Waals surface area (Å²) in [4.78, 5) is 24.8. The molecule has 5 aromatic rings. The molecule has 0 aliphatic carbocycles. The first-order chi connectivity index (χ1) is 17.5. The minimum absolute atomic E-state index is 0.234. The lowest BCUT2D eigenvalue weighted by Gasteiger charge is -2.14. The summed E-state index contributed by atoms with van der Waals surface area (Å²) in [5, 5.41) is 1.86. The molecule has 36 heavy (non-hydrogen) atoms. The van der Waals surface area contributed by atoms with Crippen LogP contribution in [-0.2, 0) is 0 Å². The zero-order valence-electron chi connectivity index (χ0n) is 19.3. The number of pyridine rings is 3. The Balaban J connectivity index is 1.60. The molecule has 8 heteroatoms. The van der Waals surface area contributed by atoms with Crippen molar-refractivity contribution < 1.29 is 14.3 Å². The molecule has 6 nitrogen and oxygen atoms in total. The van der Waals surface area contributed by atoms with Crippen LogP contribution in [0.3, 0.4) is 0 Å². The molecule has 0 radical (unpaired) electrons. The van der Waals surface area contributed by atoms with E-state index in [-0.39, 0.29) is 5.88 Å². The molecule has 0 unspecified atom stereocenters. The zero-order valence-corrected chi connectivity index (χ0v) is 20.8. The first-order valence-corrected chi connectivity index (χ1v) is 11.7. The number of hydrogen-bond acceptors (Lipinski definition) is 6. The SMILES string of the molecule is COc1cnc2cc(-c3cccc(-c4cccc(-c5ccc(C=O)c(OC)n5)c4Cl)c3Cl)ncc2c1. The molecule has 2 aromatic carbocycles. The summed E-state index contributed by atoms with van der Waals surface area (Å²) >= 11 is 13.8. The fraction of sp³-hybridized carbons (Fsp3) is 0.0714. The van der Waals surface area contributed by atoms with Crippen LogP contribution in [-0.4, -0.2) is 35.5 Å². The highest BCUT2D eigenvalue weighted by molar-refractivity contribution is 6.39. The summed E-state index contributed by atoms with van der Waals surface area (Å²) in [7, 11) is 3.07. The number of benzene rings is 2. The van der Waals surface area contributed by atoms with E-state index in [1.807, 2.05) is 48.5 Å². The van der Waals surface area contributed by atoms with Gasteiger partial charge >= 0.3 is 0 Å². The van der Waals surface area contributed by atoms with E-state index in [1.165, 1.54) is 7.11 Å². The highest BCUT2D eigenvalue weighted by atomic mass is 35.5. The van der Waals surface area contributed by atoms with E-state index >= 15 is 0 Å². The largest absolute Gasteiger partial charge is 0.495 e. The summed E-state index contributed by atoms with van der Waals surface area (Å²) in [5.74, 6) is 0.900. The van der Waals surface area contributed by atoms with Gasteiger partial charge in [-0.25, -0.2) is 4.98 Å². The van der Waals surface area contributed by atoms with Gasteiger partial charge in [-0.05, 0) is 24.3 Å². The molecular formula is C28H19Cl2N3O3. The summed E-state index contributed by atoms with van der Waals surface area (Å²) in [6.45, 7) is 0. The Labute approximate surface area is 217 Å². The molecule has 178 valence electrons. The van der Waals surface area contributed by atoms with Gasteiger partial charge in [-0.2, -0.15) is 0 Å².